The van der Waals surface area contributed by atoms with E-state index in [0.29, 0.717) is 35.9 Å². The van der Waals surface area contributed by atoms with Crippen LogP contribution < -0.4 is 11.5 Å². The molecule has 3 amide bonds. The van der Waals surface area contributed by atoms with E-state index < -0.39 is 11.3 Å². The Labute approximate surface area is 187 Å². The molecule has 1 aliphatic heterocycles. The smallest absolute Gasteiger partial charge is 0.238 e. The molecule has 4 unspecified atom stereocenters. The van der Waals surface area contributed by atoms with Crippen LogP contribution >= 0.6 is 11.6 Å². The number of hydrogen-bond donors (Lipinski definition) is 2. The molecule has 0 spiro atoms. The lowest BCUT2D eigenvalue weighted by Gasteiger charge is -2.61. The van der Waals surface area contributed by atoms with Gasteiger partial charge < -0.3 is 16.4 Å². The van der Waals surface area contributed by atoms with Gasteiger partial charge in [0.1, 0.15) is 5.41 Å². The summed E-state index contributed by atoms with van der Waals surface area (Å²) in [6.45, 7) is 2.65. The van der Waals surface area contributed by atoms with Crippen molar-refractivity contribution >= 4 is 29.3 Å². The first kappa shape index (κ1) is 20.8. The molecule has 4 bridgehead atoms. The van der Waals surface area contributed by atoms with Crippen LogP contribution in [0.4, 0.5) is 0 Å². The molecular weight excluding hydrogens is 414 g/mol. The predicted octanol–water partition coefficient (Wildman–Crippen LogP) is 2.72. The predicted molar refractivity (Wildman–Crippen MR) is 116 cm³/mol. The molecule has 0 radical (unpaired) electrons. The molecule has 1 aromatic rings. The monoisotopic (exact) mass is 443 g/mol. The Hall–Kier alpha value is -2.08. The van der Waals surface area contributed by atoms with Gasteiger partial charge in [0.2, 0.25) is 17.7 Å². The minimum Gasteiger partial charge on any atom is -0.369 e. The van der Waals surface area contributed by atoms with Gasteiger partial charge in [-0.1, -0.05) is 23.7 Å². The number of hydrogen-bond acceptors (Lipinski definition) is 3. The van der Waals surface area contributed by atoms with Gasteiger partial charge in [-0.3, -0.25) is 14.4 Å². The first-order valence-corrected chi connectivity index (χ1v) is 11.7. The van der Waals surface area contributed by atoms with E-state index in [2.05, 4.69) is 0 Å². The largest absolute Gasteiger partial charge is 0.369 e. The molecule has 5 aliphatic rings. The average molecular weight is 444 g/mol. The zero-order valence-electron chi connectivity index (χ0n) is 17.9. The van der Waals surface area contributed by atoms with Gasteiger partial charge in [0.15, 0.2) is 0 Å². The fraction of sp³-hybridized carbons (Fsp3) is 0.625. The topological polar surface area (TPSA) is 106 Å². The highest BCUT2D eigenvalue weighted by Gasteiger charge is 2.65. The van der Waals surface area contributed by atoms with E-state index in [0.717, 1.165) is 37.7 Å². The summed E-state index contributed by atoms with van der Waals surface area (Å²) in [5, 5.41) is 0.621. The molecule has 0 aromatic heterocycles. The zero-order valence-corrected chi connectivity index (χ0v) is 18.6. The first-order valence-electron chi connectivity index (χ1n) is 11.3. The lowest BCUT2D eigenvalue weighted by atomic mass is 9.43. The molecule has 7 heteroatoms. The van der Waals surface area contributed by atoms with E-state index in [-0.39, 0.29) is 29.1 Å². The zero-order chi connectivity index (χ0) is 22.1. The summed E-state index contributed by atoms with van der Waals surface area (Å²) >= 11 is 6.13. The summed E-state index contributed by atoms with van der Waals surface area (Å²) in [6.07, 6.45) is 4.59. The first-order chi connectivity index (χ1) is 14.6. The quantitative estimate of drug-likeness (QED) is 0.683. The number of benzene rings is 1. The highest BCUT2D eigenvalue weighted by atomic mass is 35.5. The van der Waals surface area contributed by atoms with Crippen molar-refractivity contribution in [1.82, 2.24) is 4.90 Å². The van der Waals surface area contributed by atoms with E-state index in [1.54, 1.807) is 17.9 Å². The molecule has 4 atom stereocenters. The van der Waals surface area contributed by atoms with Crippen LogP contribution in [-0.4, -0.2) is 29.2 Å². The van der Waals surface area contributed by atoms with E-state index >= 15 is 0 Å². The van der Waals surface area contributed by atoms with Gasteiger partial charge in [-0.25, -0.2) is 0 Å². The molecule has 5 fully saturated rings. The van der Waals surface area contributed by atoms with Crippen molar-refractivity contribution in [1.29, 1.82) is 0 Å². The van der Waals surface area contributed by atoms with Crippen molar-refractivity contribution in [2.75, 3.05) is 6.54 Å². The van der Waals surface area contributed by atoms with Crippen LogP contribution in [0.25, 0.3) is 0 Å². The Balaban J connectivity index is 1.46. The van der Waals surface area contributed by atoms with Crippen molar-refractivity contribution in [3.63, 3.8) is 0 Å². The molecule has 1 aromatic carbocycles. The Bertz CT molecular complexity index is 949. The summed E-state index contributed by atoms with van der Waals surface area (Å²) in [6, 6.07) is 7.46. The van der Waals surface area contributed by atoms with Crippen molar-refractivity contribution in [3.8, 4) is 0 Å². The van der Waals surface area contributed by atoms with Crippen LogP contribution in [0.3, 0.4) is 0 Å². The number of halogens is 1. The number of carbonyl (C=O) groups is 3. The number of rotatable bonds is 5. The minimum absolute atomic E-state index is 0.142. The molecule has 4 saturated carbocycles. The molecule has 6 nitrogen and oxygen atoms in total. The van der Waals surface area contributed by atoms with Crippen molar-refractivity contribution in [2.45, 2.75) is 45.6 Å². The summed E-state index contributed by atoms with van der Waals surface area (Å²) in [5.41, 5.74) is 11.0. The van der Waals surface area contributed by atoms with Crippen LogP contribution in [0.15, 0.2) is 24.3 Å². The maximum Gasteiger partial charge on any atom is 0.238 e. The number of primary amides is 2. The Morgan fingerprint density at radius 2 is 1.81 bits per heavy atom. The van der Waals surface area contributed by atoms with Crippen LogP contribution in [-0.2, 0) is 20.9 Å². The number of nitrogens with zero attached hydrogens (tertiary/aromatic N) is 1. The summed E-state index contributed by atoms with van der Waals surface area (Å²) in [4.78, 5) is 40.3. The maximum absolute atomic E-state index is 13.5. The molecule has 1 saturated heterocycles. The van der Waals surface area contributed by atoms with E-state index in [1.165, 1.54) is 0 Å². The third-order valence-corrected chi connectivity index (χ3v) is 9.23. The van der Waals surface area contributed by atoms with Gasteiger partial charge in [0.05, 0.1) is 0 Å². The van der Waals surface area contributed by atoms with Crippen molar-refractivity contribution in [2.24, 2.45) is 51.9 Å². The van der Waals surface area contributed by atoms with Crippen LogP contribution in [0, 0.1) is 40.4 Å². The highest BCUT2D eigenvalue weighted by Crippen LogP contribution is 2.65. The standard InChI is InChI=1S/C24H30ClN3O3/c1-23(20(26)29)18(12-28(22(23)31)11-13-3-2-4-17(25)7-13)19-15-5-14-6-16(19)10-24(8-14,9-15)21(27)30/h2-4,7,14-16,18-19H,5-6,8-12H2,1H3,(H2,26,29)(H2,27,30). The number of nitrogens with two attached hydrogens (primary N) is 2. The normalized spacial score (nSPS) is 41.0. The summed E-state index contributed by atoms with van der Waals surface area (Å²) in [7, 11) is 0. The molecule has 31 heavy (non-hydrogen) atoms. The number of carbonyl (C=O) groups excluding carboxylic acids is 3. The third-order valence-electron chi connectivity index (χ3n) is 9.00. The lowest BCUT2D eigenvalue weighted by Crippen LogP contribution is -2.59. The van der Waals surface area contributed by atoms with Gasteiger partial charge in [-0.05, 0) is 80.4 Å². The SMILES string of the molecule is CC1(C(N)=O)C(=O)N(Cc2cccc(Cl)c2)CC1C1C2CC3CC1CC(C(N)=O)(C3)C2. The van der Waals surface area contributed by atoms with Crippen LogP contribution in [0.1, 0.15) is 44.6 Å². The van der Waals surface area contributed by atoms with Crippen LogP contribution in [0.5, 0.6) is 0 Å². The highest BCUT2D eigenvalue weighted by molar-refractivity contribution is 6.30. The molecule has 166 valence electrons. The fourth-order valence-corrected chi connectivity index (χ4v) is 8.01. The summed E-state index contributed by atoms with van der Waals surface area (Å²) in [5.74, 6) is 0.334. The van der Waals surface area contributed by atoms with Gasteiger partial charge in [-0.15, -0.1) is 0 Å². The van der Waals surface area contributed by atoms with Crippen molar-refractivity contribution < 1.29 is 14.4 Å². The number of likely N-dealkylation sites (tertiary alicyclic amines) is 1. The Morgan fingerprint density at radius 1 is 1.13 bits per heavy atom. The molecule has 4 aliphatic carbocycles. The van der Waals surface area contributed by atoms with Gasteiger partial charge in [0.25, 0.3) is 0 Å². The van der Waals surface area contributed by atoms with E-state index in [4.69, 9.17) is 23.1 Å². The average Bonchev–Trinajstić information content (AvgIpc) is 2.93. The minimum atomic E-state index is -1.22. The van der Waals surface area contributed by atoms with E-state index in [9.17, 15) is 14.4 Å². The van der Waals surface area contributed by atoms with Gasteiger partial charge >= 0.3 is 0 Å². The molecule has 4 N–H and O–H groups in total. The lowest BCUT2D eigenvalue weighted by molar-refractivity contribution is -0.161. The van der Waals surface area contributed by atoms with Crippen LogP contribution in [0.2, 0.25) is 5.02 Å². The summed E-state index contributed by atoms with van der Waals surface area (Å²) < 4.78 is 0. The third kappa shape index (κ3) is 3.01. The van der Waals surface area contributed by atoms with Gasteiger partial charge in [-0.2, -0.15) is 0 Å². The fourth-order valence-electron chi connectivity index (χ4n) is 7.80. The number of amides is 3. The van der Waals surface area contributed by atoms with Crippen molar-refractivity contribution in [3.05, 3.63) is 34.9 Å². The Kier molecular flexibility index (Phi) is 4.67. The second-order valence-electron chi connectivity index (χ2n) is 10.7. The molecule has 1 heterocycles. The van der Waals surface area contributed by atoms with Gasteiger partial charge in [0, 0.05) is 29.4 Å². The molecular formula is C24H30ClN3O3. The molecule has 6 rings (SSSR count). The maximum atomic E-state index is 13.5. The Morgan fingerprint density at radius 3 is 2.39 bits per heavy atom. The second kappa shape index (κ2) is 6.96. The second-order valence-corrected chi connectivity index (χ2v) is 11.1. The van der Waals surface area contributed by atoms with E-state index in [1.807, 2.05) is 18.2 Å².